The summed E-state index contributed by atoms with van der Waals surface area (Å²) in [6, 6.07) is 10.6. The molecule has 6 heteroatoms. The Morgan fingerprint density at radius 1 is 1.13 bits per heavy atom. The van der Waals surface area contributed by atoms with Gasteiger partial charge in [-0.05, 0) is 44.5 Å². The Labute approximate surface area is 176 Å². The molecule has 3 aromatic rings. The Morgan fingerprint density at radius 2 is 1.97 bits per heavy atom. The second kappa shape index (κ2) is 7.84. The fourth-order valence-corrected chi connectivity index (χ4v) is 4.69. The highest BCUT2D eigenvalue weighted by Gasteiger charge is 2.27. The summed E-state index contributed by atoms with van der Waals surface area (Å²) in [6.07, 6.45) is 4.97. The first-order valence-corrected chi connectivity index (χ1v) is 10.8. The van der Waals surface area contributed by atoms with Crippen molar-refractivity contribution in [1.29, 1.82) is 0 Å². The Hall–Kier alpha value is -2.73. The van der Waals surface area contributed by atoms with Crippen LogP contribution in [0.4, 0.5) is 0 Å². The molecule has 2 saturated heterocycles. The summed E-state index contributed by atoms with van der Waals surface area (Å²) in [4.78, 5) is 14.7. The van der Waals surface area contributed by atoms with Gasteiger partial charge in [0.2, 0.25) is 0 Å². The van der Waals surface area contributed by atoms with E-state index in [-0.39, 0.29) is 12.0 Å². The monoisotopic (exact) mass is 408 g/mol. The number of carbonyl (C=O) groups excluding carboxylic acids is 1. The van der Waals surface area contributed by atoms with Crippen molar-refractivity contribution in [3.63, 3.8) is 0 Å². The molecule has 0 aliphatic carbocycles. The Morgan fingerprint density at radius 3 is 2.67 bits per heavy atom. The first-order chi connectivity index (χ1) is 14.6. The van der Waals surface area contributed by atoms with E-state index >= 15 is 0 Å². The second-order valence-corrected chi connectivity index (χ2v) is 8.37. The van der Waals surface area contributed by atoms with E-state index in [0.717, 1.165) is 49.4 Å². The average molecular weight is 408 g/mol. The fourth-order valence-electron chi connectivity index (χ4n) is 4.69. The maximum atomic E-state index is 12.8. The van der Waals surface area contributed by atoms with Gasteiger partial charge < -0.3 is 23.4 Å². The molecule has 0 radical (unpaired) electrons. The number of aryl methyl sites for hydroxylation is 2. The lowest BCUT2D eigenvalue weighted by Crippen LogP contribution is -2.41. The summed E-state index contributed by atoms with van der Waals surface area (Å²) in [6.45, 7) is 6.72. The highest BCUT2D eigenvalue weighted by atomic mass is 16.5. The first-order valence-electron chi connectivity index (χ1n) is 10.8. The Balaban J connectivity index is 1.26. The van der Waals surface area contributed by atoms with Crippen LogP contribution in [0.3, 0.4) is 0 Å². The SMILES string of the molecule is Cc1cc(C(=O)N2CCC(Oc3cccc4c3ccn4C3CCOC3)CC2)c(C)o1. The number of likely N-dealkylation sites (tertiary alicyclic amines) is 1. The Bertz CT molecular complexity index is 1050. The van der Waals surface area contributed by atoms with Crippen LogP contribution in [0, 0.1) is 13.8 Å². The van der Waals surface area contributed by atoms with E-state index in [1.165, 1.54) is 5.52 Å². The molecule has 30 heavy (non-hydrogen) atoms. The number of furan rings is 1. The maximum Gasteiger partial charge on any atom is 0.257 e. The van der Waals surface area contributed by atoms with Gasteiger partial charge in [0.25, 0.3) is 5.91 Å². The lowest BCUT2D eigenvalue weighted by atomic mass is 10.1. The molecule has 1 amide bonds. The zero-order valence-corrected chi connectivity index (χ0v) is 17.6. The molecule has 2 fully saturated rings. The number of aromatic nitrogens is 1. The minimum absolute atomic E-state index is 0.0563. The number of rotatable bonds is 4. The van der Waals surface area contributed by atoms with Gasteiger partial charge in [0.15, 0.2) is 0 Å². The van der Waals surface area contributed by atoms with Gasteiger partial charge in [-0.3, -0.25) is 4.79 Å². The van der Waals surface area contributed by atoms with E-state index in [1.807, 2.05) is 30.9 Å². The molecule has 4 heterocycles. The Kier molecular flexibility index (Phi) is 5.03. The smallest absolute Gasteiger partial charge is 0.257 e. The minimum Gasteiger partial charge on any atom is -0.490 e. The van der Waals surface area contributed by atoms with Gasteiger partial charge in [0.1, 0.15) is 23.4 Å². The quantitative estimate of drug-likeness (QED) is 0.638. The molecule has 1 unspecified atom stereocenters. The van der Waals surface area contributed by atoms with Crippen molar-refractivity contribution in [2.75, 3.05) is 26.3 Å². The molecule has 158 valence electrons. The normalized spacial score (nSPS) is 20.2. The van der Waals surface area contributed by atoms with Crippen LogP contribution in [0.5, 0.6) is 5.75 Å². The largest absolute Gasteiger partial charge is 0.490 e. The van der Waals surface area contributed by atoms with E-state index < -0.39 is 0 Å². The lowest BCUT2D eigenvalue weighted by Gasteiger charge is -2.32. The number of piperidine rings is 1. The molecule has 0 saturated carbocycles. The summed E-state index contributed by atoms with van der Waals surface area (Å²) in [7, 11) is 0. The van der Waals surface area contributed by atoms with Gasteiger partial charge in [-0.1, -0.05) is 6.07 Å². The van der Waals surface area contributed by atoms with Crippen LogP contribution in [0.2, 0.25) is 0 Å². The van der Waals surface area contributed by atoms with Crippen molar-refractivity contribution in [2.24, 2.45) is 0 Å². The molecule has 1 atom stereocenters. The van der Waals surface area contributed by atoms with Crippen molar-refractivity contribution < 1.29 is 18.7 Å². The topological polar surface area (TPSA) is 56.8 Å². The van der Waals surface area contributed by atoms with Crippen molar-refractivity contribution in [3.8, 4) is 5.75 Å². The van der Waals surface area contributed by atoms with Gasteiger partial charge in [0.05, 0.1) is 23.7 Å². The highest BCUT2D eigenvalue weighted by Crippen LogP contribution is 2.32. The zero-order chi connectivity index (χ0) is 20.7. The van der Waals surface area contributed by atoms with Crippen LogP contribution in [-0.2, 0) is 4.74 Å². The molecule has 1 aromatic carbocycles. The molecule has 5 rings (SSSR count). The number of ether oxygens (including phenoxy) is 2. The number of nitrogens with zero attached hydrogens (tertiary/aromatic N) is 2. The number of hydrogen-bond donors (Lipinski definition) is 0. The lowest BCUT2D eigenvalue weighted by molar-refractivity contribution is 0.0596. The van der Waals surface area contributed by atoms with Gasteiger partial charge in [0, 0.05) is 44.1 Å². The highest BCUT2D eigenvalue weighted by molar-refractivity contribution is 5.95. The summed E-state index contributed by atoms with van der Waals surface area (Å²) in [5, 5.41) is 1.15. The average Bonchev–Trinajstić information content (AvgIpc) is 3.48. The molecule has 2 aliphatic heterocycles. The third-order valence-electron chi connectivity index (χ3n) is 6.32. The third-order valence-corrected chi connectivity index (χ3v) is 6.32. The summed E-state index contributed by atoms with van der Waals surface area (Å²) in [5.74, 6) is 2.45. The third kappa shape index (κ3) is 3.49. The van der Waals surface area contributed by atoms with Crippen LogP contribution >= 0.6 is 0 Å². The number of hydrogen-bond acceptors (Lipinski definition) is 4. The number of benzene rings is 1. The molecule has 0 N–H and O–H groups in total. The first kappa shape index (κ1) is 19.2. The van der Waals surface area contributed by atoms with E-state index in [2.05, 4.69) is 29.0 Å². The van der Waals surface area contributed by atoms with E-state index in [0.29, 0.717) is 30.5 Å². The predicted molar refractivity (Wildman–Crippen MR) is 114 cm³/mol. The zero-order valence-electron chi connectivity index (χ0n) is 17.6. The number of amides is 1. The molecule has 2 aromatic heterocycles. The van der Waals surface area contributed by atoms with Crippen LogP contribution in [0.25, 0.3) is 10.9 Å². The van der Waals surface area contributed by atoms with Crippen LogP contribution in [0.1, 0.15) is 47.2 Å². The molecular formula is C24H28N2O4. The molecule has 2 aliphatic rings. The van der Waals surface area contributed by atoms with E-state index in [4.69, 9.17) is 13.9 Å². The summed E-state index contributed by atoms with van der Waals surface area (Å²) >= 11 is 0. The molecule has 6 nitrogen and oxygen atoms in total. The molecular weight excluding hydrogens is 380 g/mol. The summed E-state index contributed by atoms with van der Waals surface area (Å²) in [5.41, 5.74) is 1.87. The van der Waals surface area contributed by atoms with Crippen LogP contribution < -0.4 is 4.74 Å². The molecule has 0 spiro atoms. The number of carbonyl (C=O) groups is 1. The van der Waals surface area contributed by atoms with Gasteiger partial charge in [-0.2, -0.15) is 0 Å². The maximum absolute atomic E-state index is 12.8. The van der Waals surface area contributed by atoms with Gasteiger partial charge in [-0.15, -0.1) is 0 Å². The van der Waals surface area contributed by atoms with Crippen molar-refractivity contribution in [1.82, 2.24) is 9.47 Å². The van der Waals surface area contributed by atoms with Crippen LogP contribution in [-0.4, -0.2) is 47.8 Å². The van der Waals surface area contributed by atoms with Crippen molar-refractivity contribution in [2.45, 2.75) is 45.3 Å². The summed E-state index contributed by atoms with van der Waals surface area (Å²) < 4.78 is 19.8. The molecule has 0 bridgehead atoms. The minimum atomic E-state index is 0.0563. The van der Waals surface area contributed by atoms with Crippen molar-refractivity contribution in [3.05, 3.63) is 53.6 Å². The van der Waals surface area contributed by atoms with E-state index in [9.17, 15) is 4.79 Å². The standard InChI is InChI=1S/C24H28N2O4/c1-16-14-21(17(2)29-16)24(27)25-10-6-19(7-11-25)30-23-5-3-4-22-20(23)8-12-26(22)18-9-13-28-15-18/h3-5,8,12,14,18-19H,6-7,9-11,13,15H2,1-2H3. The second-order valence-electron chi connectivity index (χ2n) is 8.37. The van der Waals surface area contributed by atoms with Gasteiger partial charge in [-0.25, -0.2) is 0 Å². The van der Waals surface area contributed by atoms with Gasteiger partial charge >= 0.3 is 0 Å². The van der Waals surface area contributed by atoms with Crippen molar-refractivity contribution >= 4 is 16.8 Å². The van der Waals surface area contributed by atoms with Crippen LogP contribution in [0.15, 0.2) is 40.9 Å². The number of fused-ring (bicyclic) bond motifs is 1. The predicted octanol–water partition coefficient (Wildman–Crippen LogP) is 4.50. The fraction of sp³-hybridized carbons (Fsp3) is 0.458. The van der Waals surface area contributed by atoms with E-state index in [1.54, 1.807) is 0 Å².